The Labute approximate surface area is 94.0 Å². The quantitative estimate of drug-likeness (QED) is 0.605. The maximum atomic E-state index is 11.2. The first-order valence-corrected chi connectivity index (χ1v) is 6.10. The van der Waals surface area contributed by atoms with Gasteiger partial charge in [0, 0.05) is 19.0 Å². The Morgan fingerprint density at radius 1 is 1.13 bits per heavy atom. The van der Waals surface area contributed by atoms with Gasteiger partial charge in [0.1, 0.15) is 0 Å². The molecule has 0 aromatic heterocycles. The van der Waals surface area contributed by atoms with Crippen LogP contribution in [0, 0.1) is 11.8 Å². The Bertz CT molecular complexity index is 165. The minimum absolute atomic E-state index is 0.0871. The van der Waals surface area contributed by atoms with Crippen LogP contribution in [-0.4, -0.2) is 25.5 Å². The van der Waals surface area contributed by atoms with Crippen molar-refractivity contribution in [3.05, 3.63) is 0 Å². The van der Waals surface area contributed by atoms with Gasteiger partial charge in [-0.15, -0.1) is 0 Å². The SMILES string of the molecule is CCC(CC)CNCCNC(=O)C(C)C. The highest BCUT2D eigenvalue weighted by Crippen LogP contribution is 2.04. The highest BCUT2D eigenvalue weighted by atomic mass is 16.1. The van der Waals surface area contributed by atoms with Crippen molar-refractivity contribution < 1.29 is 4.79 Å². The Hall–Kier alpha value is -0.570. The first-order chi connectivity index (χ1) is 7.11. The van der Waals surface area contributed by atoms with Gasteiger partial charge in [-0.25, -0.2) is 0 Å². The number of hydrogen-bond donors (Lipinski definition) is 2. The van der Waals surface area contributed by atoms with Gasteiger partial charge in [-0.2, -0.15) is 0 Å². The molecule has 0 aliphatic carbocycles. The van der Waals surface area contributed by atoms with Crippen molar-refractivity contribution in [2.45, 2.75) is 40.5 Å². The summed E-state index contributed by atoms with van der Waals surface area (Å²) in [6.07, 6.45) is 2.45. The monoisotopic (exact) mass is 214 g/mol. The third kappa shape index (κ3) is 7.37. The van der Waals surface area contributed by atoms with E-state index in [-0.39, 0.29) is 11.8 Å². The number of rotatable bonds is 8. The second-order valence-electron chi connectivity index (χ2n) is 4.33. The lowest BCUT2D eigenvalue weighted by atomic mass is 10.0. The van der Waals surface area contributed by atoms with E-state index in [0.29, 0.717) is 0 Å². The van der Waals surface area contributed by atoms with Gasteiger partial charge in [0.15, 0.2) is 0 Å². The fourth-order valence-electron chi connectivity index (χ4n) is 1.36. The van der Waals surface area contributed by atoms with Crippen LogP contribution >= 0.6 is 0 Å². The van der Waals surface area contributed by atoms with Gasteiger partial charge in [0.05, 0.1) is 0 Å². The molecule has 0 saturated carbocycles. The second kappa shape index (κ2) is 8.72. The number of amides is 1. The number of hydrogen-bond acceptors (Lipinski definition) is 2. The van der Waals surface area contributed by atoms with Crippen LogP contribution in [0.5, 0.6) is 0 Å². The molecule has 0 fully saturated rings. The summed E-state index contributed by atoms with van der Waals surface area (Å²) in [5.41, 5.74) is 0. The molecule has 0 aromatic carbocycles. The molecular weight excluding hydrogens is 188 g/mol. The zero-order chi connectivity index (χ0) is 11.7. The normalized spacial score (nSPS) is 11.1. The molecule has 90 valence electrons. The Morgan fingerprint density at radius 3 is 2.20 bits per heavy atom. The van der Waals surface area contributed by atoms with Gasteiger partial charge in [0.25, 0.3) is 0 Å². The van der Waals surface area contributed by atoms with Crippen LogP contribution in [0.1, 0.15) is 40.5 Å². The minimum Gasteiger partial charge on any atom is -0.355 e. The van der Waals surface area contributed by atoms with Gasteiger partial charge in [-0.1, -0.05) is 40.5 Å². The molecule has 0 aliphatic rings. The lowest BCUT2D eigenvalue weighted by molar-refractivity contribution is -0.123. The first kappa shape index (κ1) is 14.4. The highest BCUT2D eigenvalue weighted by Gasteiger charge is 2.05. The average molecular weight is 214 g/mol. The van der Waals surface area contributed by atoms with E-state index >= 15 is 0 Å². The van der Waals surface area contributed by atoms with Crippen LogP contribution in [0.2, 0.25) is 0 Å². The molecule has 0 unspecified atom stereocenters. The lowest BCUT2D eigenvalue weighted by Gasteiger charge is -2.13. The Morgan fingerprint density at radius 2 is 1.73 bits per heavy atom. The molecule has 15 heavy (non-hydrogen) atoms. The molecule has 0 heterocycles. The van der Waals surface area contributed by atoms with E-state index in [1.807, 2.05) is 13.8 Å². The molecule has 0 aromatic rings. The number of carbonyl (C=O) groups excluding carboxylic acids is 1. The van der Waals surface area contributed by atoms with Gasteiger partial charge in [0.2, 0.25) is 5.91 Å². The van der Waals surface area contributed by atoms with Crippen molar-refractivity contribution in [1.82, 2.24) is 10.6 Å². The fourth-order valence-corrected chi connectivity index (χ4v) is 1.36. The van der Waals surface area contributed by atoms with E-state index in [4.69, 9.17) is 0 Å². The summed E-state index contributed by atoms with van der Waals surface area (Å²) in [5.74, 6) is 0.995. The molecule has 1 amide bonds. The molecule has 0 radical (unpaired) electrons. The largest absolute Gasteiger partial charge is 0.355 e. The second-order valence-corrected chi connectivity index (χ2v) is 4.33. The zero-order valence-electron chi connectivity index (χ0n) is 10.6. The van der Waals surface area contributed by atoms with Crippen LogP contribution in [0.4, 0.5) is 0 Å². The molecule has 0 atom stereocenters. The standard InChI is InChI=1S/C12H26N2O/c1-5-11(6-2)9-13-7-8-14-12(15)10(3)4/h10-11,13H,5-9H2,1-4H3,(H,14,15). The van der Waals surface area contributed by atoms with Crippen molar-refractivity contribution in [2.24, 2.45) is 11.8 Å². The Balaban J connectivity index is 3.35. The Kier molecular flexibility index (Phi) is 8.38. The molecule has 0 rings (SSSR count). The van der Waals surface area contributed by atoms with Crippen LogP contribution in [0.15, 0.2) is 0 Å². The average Bonchev–Trinajstić information content (AvgIpc) is 2.23. The molecule has 3 nitrogen and oxygen atoms in total. The van der Waals surface area contributed by atoms with Crippen molar-refractivity contribution in [3.8, 4) is 0 Å². The summed E-state index contributed by atoms with van der Waals surface area (Å²) in [6, 6.07) is 0. The predicted octanol–water partition coefficient (Wildman–Crippen LogP) is 1.78. The van der Waals surface area contributed by atoms with Gasteiger partial charge in [-0.3, -0.25) is 4.79 Å². The molecule has 3 heteroatoms. The minimum atomic E-state index is 0.0871. The topological polar surface area (TPSA) is 41.1 Å². The van der Waals surface area contributed by atoms with Crippen molar-refractivity contribution in [1.29, 1.82) is 0 Å². The third-order valence-electron chi connectivity index (χ3n) is 2.71. The van der Waals surface area contributed by atoms with Crippen LogP contribution in [0.25, 0.3) is 0 Å². The maximum Gasteiger partial charge on any atom is 0.222 e. The van der Waals surface area contributed by atoms with Crippen LogP contribution in [-0.2, 0) is 4.79 Å². The van der Waals surface area contributed by atoms with Gasteiger partial charge < -0.3 is 10.6 Å². The van der Waals surface area contributed by atoms with E-state index in [1.165, 1.54) is 12.8 Å². The first-order valence-electron chi connectivity index (χ1n) is 6.10. The van der Waals surface area contributed by atoms with E-state index in [1.54, 1.807) is 0 Å². The molecule has 0 spiro atoms. The fraction of sp³-hybridized carbons (Fsp3) is 0.917. The summed E-state index contributed by atoms with van der Waals surface area (Å²) in [4.78, 5) is 11.2. The van der Waals surface area contributed by atoms with E-state index in [0.717, 1.165) is 25.6 Å². The van der Waals surface area contributed by atoms with Crippen molar-refractivity contribution in [3.63, 3.8) is 0 Å². The summed E-state index contributed by atoms with van der Waals surface area (Å²) in [7, 11) is 0. The smallest absolute Gasteiger partial charge is 0.222 e. The maximum absolute atomic E-state index is 11.2. The van der Waals surface area contributed by atoms with Crippen molar-refractivity contribution >= 4 is 5.91 Å². The summed E-state index contributed by atoms with van der Waals surface area (Å²) >= 11 is 0. The third-order valence-corrected chi connectivity index (χ3v) is 2.71. The predicted molar refractivity (Wildman–Crippen MR) is 64.8 cm³/mol. The van der Waals surface area contributed by atoms with E-state index < -0.39 is 0 Å². The van der Waals surface area contributed by atoms with E-state index in [2.05, 4.69) is 24.5 Å². The van der Waals surface area contributed by atoms with E-state index in [9.17, 15) is 4.79 Å². The number of carbonyl (C=O) groups is 1. The molecule has 0 bridgehead atoms. The lowest BCUT2D eigenvalue weighted by Crippen LogP contribution is -2.35. The summed E-state index contributed by atoms with van der Waals surface area (Å²) < 4.78 is 0. The van der Waals surface area contributed by atoms with Crippen molar-refractivity contribution in [2.75, 3.05) is 19.6 Å². The van der Waals surface area contributed by atoms with Gasteiger partial charge >= 0.3 is 0 Å². The summed E-state index contributed by atoms with van der Waals surface area (Å²) in [6.45, 7) is 10.9. The molecule has 0 aliphatic heterocycles. The zero-order valence-corrected chi connectivity index (χ0v) is 10.6. The van der Waals surface area contributed by atoms with Crippen LogP contribution in [0.3, 0.4) is 0 Å². The highest BCUT2D eigenvalue weighted by molar-refractivity contribution is 5.77. The van der Waals surface area contributed by atoms with Crippen LogP contribution < -0.4 is 10.6 Å². The van der Waals surface area contributed by atoms with Gasteiger partial charge in [-0.05, 0) is 12.5 Å². The molecule has 0 saturated heterocycles. The summed E-state index contributed by atoms with van der Waals surface area (Å²) in [5, 5.41) is 6.26. The number of nitrogens with one attached hydrogen (secondary N) is 2. The molecule has 2 N–H and O–H groups in total. The molecular formula is C12H26N2O.